The van der Waals surface area contributed by atoms with Crippen molar-refractivity contribution < 1.29 is 26.7 Å². The number of hydrogen-bond donors (Lipinski definition) is 0. The van der Waals surface area contributed by atoms with Gasteiger partial charge in [0.15, 0.2) is 11.6 Å². The fourth-order valence-corrected chi connectivity index (χ4v) is 4.57. The van der Waals surface area contributed by atoms with Gasteiger partial charge in [-0.25, -0.2) is 8.78 Å². The van der Waals surface area contributed by atoms with Gasteiger partial charge in [-0.15, -0.1) is 0 Å². The first-order valence-corrected chi connectivity index (χ1v) is 11.5. The molecule has 1 saturated heterocycles. The van der Waals surface area contributed by atoms with E-state index >= 15 is 0 Å². The smallest absolute Gasteiger partial charge is 0.338 e. The van der Waals surface area contributed by atoms with E-state index in [1.165, 1.54) is 17.0 Å². The number of carbonyl (C=O) groups excluding carboxylic acids is 1. The van der Waals surface area contributed by atoms with Gasteiger partial charge in [0, 0.05) is 25.4 Å². The van der Waals surface area contributed by atoms with Crippen LogP contribution < -0.4 is 0 Å². The average Bonchev–Trinajstić information content (AvgIpc) is 3.15. The maximum Gasteiger partial charge on any atom is 0.416 e. The molecule has 1 fully saturated rings. The molecule has 1 amide bonds. The summed E-state index contributed by atoms with van der Waals surface area (Å²) in [4.78, 5) is 14.3. The molecule has 0 aliphatic carbocycles. The zero-order chi connectivity index (χ0) is 25.5. The summed E-state index contributed by atoms with van der Waals surface area (Å²) in [6.07, 6.45) is -4.44. The van der Waals surface area contributed by atoms with Gasteiger partial charge in [-0.05, 0) is 70.5 Å². The van der Waals surface area contributed by atoms with Gasteiger partial charge in [0.05, 0.1) is 5.56 Å². The third kappa shape index (κ3) is 5.24. The van der Waals surface area contributed by atoms with Crippen LogP contribution in [0.25, 0.3) is 11.1 Å². The summed E-state index contributed by atoms with van der Waals surface area (Å²) in [5.74, 6) is -2.32. The Morgan fingerprint density at radius 3 is 2.34 bits per heavy atom. The van der Waals surface area contributed by atoms with E-state index in [0.29, 0.717) is 16.7 Å². The fraction of sp³-hybridized carbons (Fsp3) is 0.321. The Bertz CT molecular complexity index is 1260. The molecule has 3 aromatic carbocycles. The Labute approximate surface area is 201 Å². The summed E-state index contributed by atoms with van der Waals surface area (Å²) in [7, 11) is 0. The van der Waals surface area contributed by atoms with Crippen LogP contribution in [0, 0.1) is 18.6 Å². The molecule has 2 nitrogen and oxygen atoms in total. The van der Waals surface area contributed by atoms with E-state index in [4.69, 9.17) is 0 Å². The van der Waals surface area contributed by atoms with Crippen molar-refractivity contribution in [2.45, 2.75) is 51.7 Å². The molecule has 0 aromatic heterocycles. The van der Waals surface area contributed by atoms with Crippen molar-refractivity contribution in [3.05, 3.63) is 94.0 Å². The summed E-state index contributed by atoms with van der Waals surface area (Å²) < 4.78 is 67.7. The van der Waals surface area contributed by atoms with E-state index in [2.05, 4.69) is 0 Å². The Balaban J connectivity index is 1.71. The molecule has 0 N–H and O–H groups in total. The molecule has 1 atom stereocenters. The molecule has 1 aliphatic heterocycles. The highest BCUT2D eigenvalue weighted by molar-refractivity contribution is 5.80. The van der Waals surface area contributed by atoms with Gasteiger partial charge in [0.1, 0.15) is 0 Å². The van der Waals surface area contributed by atoms with Crippen molar-refractivity contribution in [2.24, 2.45) is 0 Å². The lowest BCUT2D eigenvalue weighted by molar-refractivity contribution is -0.137. The molecule has 35 heavy (non-hydrogen) atoms. The first-order chi connectivity index (χ1) is 16.4. The highest BCUT2D eigenvalue weighted by Gasteiger charge is 2.34. The van der Waals surface area contributed by atoms with Crippen LogP contribution >= 0.6 is 0 Å². The maximum atomic E-state index is 13.7. The molecule has 7 heteroatoms. The number of aryl methyl sites for hydroxylation is 1. The van der Waals surface area contributed by atoms with E-state index in [1.54, 1.807) is 0 Å². The molecule has 1 aliphatic rings. The fourth-order valence-electron chi connectivity index (χ4n) is 4.57. The SMILES string of the molecule is Cc1ccc(C(C)C)cc1-c1ccc(C(F)(F)F)cc1CN1CC(c2ccc(F)c(F)c2)CC1=O. The topological polar surface area (TPSA) is 20.3 Å². The lowest BCUT2D eigenvalue weighted by atomic mass is 9.90. The minimum absolute atomic E-state index is 0.0103. The highest BCUT2D eigenvalue weighted by Crippen LogP contribution is 2.37. The predicted molar refractivity (Wildman–Crippen MR) is 125 cm³/mol. The number of carbonyl (C=O) groups is 1. The van der Waals surface area contributed by atoms with Gasteiger partial charge in [0.2, 0.25) is 5.91 Å². The third-order valence-corrected chi connectivity index (χ3v) is 6.64. The number of benzene rings is 3. The second-order valence-electron chi connectivity index (χ2n) is 9.45. The average molecular weight is 488 g/mol. The van der Waals surface area contributed by atoms with Crippen LogP contribution in [0.4, 0.5) is 22.0 Å². The van der Waals surface area contributed by atoms with Gasteiger partial charge in [0.25, 0.3) is 0 Å². The lowest BCUT2D eigenvalue weighted by Gasteiger charge is -2.22. The normalized spacial score (nSPS) is 16.4. The van der Waals surface area contributed by atoms with Crippen molar-refractivity contribution in [1.29, 1.82) is 0 Å². The van der Waals surface area contributed by atoms with Crippen LogP contribution in [0.15, 0.2) is 54.6 Å². The Kier molecular flexibility index (Phi) is 6.71. The van der Waals surface area contributed by atoms with E-state index in [1.807, 2.05) is 39.0 Å². The lowest BCUT2D eigenvalue weighted by Crippen LogP contribution is -2.25. The van der Waals surface area contributed by atoms with Gasteiger partial charge in [-0.3, -0.25) is 4.79 Å². The van der Waals surface area contributed by atoms with Crippen LogP contribution in [-0.4, -0.2) is 17.4 Å². The second kappa shape index (κ2) is 9.44. The molecule has 0 bridgehead atoms. The van der Waals surface area contributed by atoms with Gasteiger partial charge >= 0.3 is 6.18 Å². The molecule has 1 heterocycles. The molecule has 0 spiro atoms. The first-order valence-electron chi connectivity index (χ1n) is 11.5. The monoisotopic (exact) mass is 487 g/mol. The van der Waals surface area contributed by atoms with E-state index in [0.717, 1.165) is 41.0 Å². The van der Waals surface area contributed by atoms with Crippen LogP contribution in [0.2, 0.25) is 0 Å². The minimum atomic E-state index is -4.52. The molecule has 3 aromatic rings. The molecule has 4 rings (SSSR count). The molecule has 184 valence electrons. The van der Waals surface area contributed by atoms with Crippen molar-refractivity contribution in [3.8, 4) is 11.1 Å². The minimum Gasteiger partial charge on any atom is -0.338 e. The number of hydrogen-bond acceptors (Lipinski definition) is 1. The van der Waals surface area contributed by atoms with E-state index in [-0.39, 0.29) is 37.3 Å². The predicted octanol–water partition coefficient (Wildman–Crippen LogP) is 7.60. The summed E-state index contributed by atoms with van der Waals surface area (Å²) >= 11 is 0. The highest BCUT2D eigenvalue weighted by atomic mass is 19.4. The number of amides is 1. The Morgan fingerprint density at radius 2 is 1.69 bits per heavy atom. The van der Waals surface area contributed by atoms with E-state index in [9.17, 15) is 26.7 Å². The van der Waals surface area contributed by atoms with E-state index < -0.39 is 23.4 Å². The first kappa shape index (κ1) is 24.9. The zero-order valence-corrected chi connectivity index (χ0v) is 19.7. The Hall–Kier alpha value is -3.22. The molecule has 1 unspecified atom stereocenters. The second-order valence-corrected chi connectivity index (χ2v) is 9.45. The van der Waals surface area contributed by atoms with Crippen LogP contribution in [0.5, 0.6) is 0 Å². The molecule has 0 saturated carbocycles. The molecule has 0 radical (unpaired) electrons. The molecular weight excluding hydrogens is 461 g/mol. The van der Waals surface area contributed by atoms with Crippen LogP contribution in [0.3, 0.4) is 0 Å². The van der Waals surface area contributed by atoms with Crippen LogP contribution in [0.1, 0.15) is 59.9 Å². The van der Waals surface area contributed by atoms with Crippen molar-refractivity contribution in [1.82, 2.24) is 4.90 Å². The summed E-state index contributed by atoms with van der Waals surface area (Å²) in [6, 6.07) is 13.1. The summed E-state index contributed by atoms with van der Waals surface area (Å²) in [6.45, 7) is 6.20. The summed E-state index contributed by atoms with van der Waals surface area (Å²) in [5, 5.41) is 0. The number of alkyl halides is 3. The third-order valence-electron chi connectivity index (χ3n) is 6.64. The standard InChI is InChI=1S/C28H26F5NO/c1-16(2)18-5-4-17(3)24(11-18)23-8-7-22(28(31,32)33)10-21(23)15-34-14-20(13-27(34)35)19-6-9-25(29)26(30)12-19/h4-12,16,20H,13-15H2,1-3H3. The number of likely N-dealkylation sites (tertiary alicyclic amines) is 1. The van der Waals surface area contributed by atoms with Gasteiger partial charge in [-0.2, -0.15) is 13.2 Å². The number of nitrogens with zero attached hydrogens (tertiary/aromatic N) is 1. The largest absolute Gasteiger partial charge is 0.416 e. The summed E-state index contributed by atoms with van der Waals surface area (Å²) in [5.41, 5.74) is 3.55. The number of halogens is 5. The maximum absolute atomic E-state index is 13.7. The van der Waals surface area contributed by atoms with Crippen LogP contribution in [-0.2, 0) is 17.5 Å². The zero-order valence-electron chi connectivity index (χ0n) is 19.7. The quantitative estimate of drug-likeness (QED) is 0.340. The van der Waals surface area contributed by atoms with Gasteiger partial charge in [-0.1, -0.05) is 44.2 Å². The Morgan fingerprint density at radius 1 is 0.943 bits per heavy atom. The van der Waals surface area contributed by atoms with Gasteiger partial charge < -0.3 is 4.90 Å². The van der Waals surface area contributed by atoms with Crippen molar-refractivity contribution in [3.63, 3.8) is 0 Å². The van der Waals surface area contributed by atoms with Crippen molar-refractivity contribution in [2.75, 3.05) is 6.54 Å². The number of rotatable bonds is 5. The molecular formula is C28H26F5NO. The van der Waals surface area contributed by atoms with Crippen molar-refractivity contribution >= 4 is 5.91 Å².